The van der Waals surface area contributed by atoms with Crippen LogP contribution in [0.25, 0.3) is 0 Å². The van der Waals surface area contributed by atoms with Crippen molar-refractivity contribution in [2.75, 3.05) is 31.6 Å². The Hall–Kier alpha value is -1.95. The molecule has 1 aliphatic rings. The molecule has 0 bridgehead atoms. The second-order valence-electron chi connectivity index (χ2n) is 5.64. The first-order valence-electron chi connectivity index (χ1n) is 7.78. The lowest BCUT2D eigenvalue weighted by molar-refractivity contribution is 0.0342. The summed E-state index contributed by atoms with van der Waals surface area (Å²) in [7, 11) is 0. The number of rotatable bonds is 4. The van der Waals surface area contributed by atoms with Gasteiger partial charge in [0.25, 0.3) is 5.91 Å². The van der Waals surface area contributed by atoms with Gasteiger partial charge in [0.15, 0.2) is 0 Å². The summed E-state index contributed by atoms with van der Waals surface area (Å²) in [6.07, 6.45) is 0. The summed E-state index contributed by atoms with van der Waals surface area (Å²) in [6, 6.07) is 11.7. The molecule has 1 saturated heterocycles. The van der Waals surface area contributed by atoms with Crippen molar-refractivity contribution >= 4 is 23.2 Å². The largest absolute Gasteiger partial charge is 0.379 e. The molecule has 0 aliphatic carbocycles. The Kier molecular flexibility index (Phi) is 5.45. The Morgan fingerprint density at radius 2 is 1.88 bits per heavy atom. The van der Waals surface area contributed by atoms with Crippen molar-refractivity contribution in [3.05, 3.63) is 64.4 Å². The number of benzene rings is 2. The molecule has 1 fully saturated rings. The molecule has 0 aromatic heterocycles. The van der Waals surface area contributed by atoms with Crippen molar-refractivity contribution in [3.8, 4) is 0 Å². The molecular formula is C18H18ClFN2O2. The van der Waals surface area contributed by atoms with Crippen molar-refractivity contribution in [2.24, 2.45) is 0 Å². The minimum absolute atomic E-state index is 0.0939. The first kappa shape index (κ1) is 16.9. The molecular weight excluding hydrogens is 331 g/mol. The Balaban J connectivity index is 1.64. The fourth-order valence-corrected chi connectivity index (χ4v) is 2.87. The van der Waals surface area contributed by atoms with Crippen LogP contribution >= 0.6 is 11.6 Å². The molecule has 2 aromatic carbocycles. The molecule has 0 unspecified atom stereocenters. The molecule has 0 spiro atoms. The fraction of sp³-hybridized carbons (Fsp3) is 0.278. The van der Waals surface area contributed by atoms with E-state index in [1.807, 2.05) is 24.3 Å². The van der Waals surface area contributed by atoms with E-state index >= 15 is 0 Å². The van der Waals surface area contributed by atoms with E-state index in [2.05, 4.69) is 10.2 Å². The summed E-state index contributed by atoms with van der Waals surface area (Å²) < 4.78 is 19.1. The third-order valence-electron chi connectivity index (χ3n) is 3.91. The molecule has 1 aliphatic heterocycles. The summed E-state index contributed by atoms with van der Waals surface area (Å²) in [5, 5.41) is 2.77. The number of anilines is 1. The second kappa shape index (κ2) is 7.75. The number of carbonyl (C=O) groups excluding carboxylic acids is 1. The minimum atomic E-state index is -0.635. The standard InChI is InChI=1S/C18H18ClFN2O2/c19-15-2-1-3-16(20)17(15)18(23)21-14-6-4-13(5-7-14)12-22-8-10-24-11-9-22/h1-7H,8-12H2,(H,21,23). The second-order valence-corrected chi connectivity index (χ2v) is 6.04. The van der Waals surface area contributed by atoms with Gasteiger partial charge in [0.05, 0.1) is 23.8 Å². The highest BCUT2D eigenvalue weighted by Gasteiger charge is 2.16. The molecule has 1 heterocycles. The molecule has 6 heteroatoms. The normalized spacial score (nSPS) is 15.2. The van der Waals surface area contributed by atoms with E-state index < -0.39 is 11.7 Å². The molecule has 24 heavy (non-hydrogen) atoms. The van der Waals surface area contributed by atoms with Gasteiger partial charge in [-0.05, 0) is 29.8 Å². The summed E-state index contributed by atoms with van der Waals surface area (Å²) in [4.78, 5) is 14.5. The maximum atomic E-state index is 13.8. The van der Waals surface area contributed by atoms with Gasteiger partial charge in [-0.3, -0.25) is 9.69 Å². The number of morpholine rings is 1. The van der Waals surface area contributed by atoms with E-state index in [-0.39, 0.29) is 10.6 Å². The third kappa shape index (κ3) is 4.12. The van der Waals surface area contributed by atoms with Crippen LogP contribution in [-0.4, -0.2) is 37.1 Å². The molecule has 0 saturated carbocycles. The number of amides is 1. The maximum Gasteiger partial charge on any atom is 0.260 e. The topological polar surface area (TPSA) is 41.6 Å². The Labute approximate surface area is 145 Å². The number of hydrogen-bond acceptors (Lipinski definition) is 3. The monoisotopic (exact) mass is 348 g/mol. The van der Waals surface area contributed by atoms with E-state index in [1.165, 1.54) is 18.2 Å². The number of halogens is 2. The van der Waals surface area contributed by atoms with Gasteiger partial charge in [-0.1, -0.05) is 29.8 Å². The van der Waals surface area contributed by atoms with Crippen LogP contribution in [0.5, 0.6) is 0 Å². The predicted octanol–water partition coefficient (Wildman–Crippen LogP) is 3.56. The van der Waals surface area contributed by atoms with E-state index in [9.17, 15) is 9.18 Å². The molecule has 0 radical (unpaired) electrons. The van der Waals surface area contributed by atoms with Crippen molar-refractivity contribution in [1.82, 2.24) is 4.90 Å². The average molecular weight is 349 g/mol. The summed E-state index contributed by atoms with van der Waals surface area (Å²) >= 11 is 5.91. The SMILES string of the molecule is O=C(Nc1ccc(CN2CCOCC2)cc1)c1c(F)cccc1Cl. The molecule has 4 nitrogen and oxygen atoms in total. The number of hydrogen-bond donors (Lipinski definition) is 1. The van der Waals surface area contributed by atoms with Crippen LogP contribution in [0.1, 0.15) is 15.9 Å². The van der Waals surface area contributed by atoms with Crippen LogP contribution in [0.3, 0.4) is 0 Å². The summed E-state index contributed by atoms with van der Waals surface area (Å²) in [5.74, 6) is -1.19. The number of ether oxygens (including phenoxy) is 1. The zero-order valence-electron chi connectivity index (χ0n) is 13.1. The summed E-state index contributed by atoms with van der Waals surface area (Å²) in [6.45, 7) is 4.21. The van der Waals surface area contributed by atoms with Gasteiger partial charge in [-0.25, -0.2) is 4.39 Å². The van der Waals surface area contributed by atoms with Gasteiger partial charge in [-0.15, -0.1) is 0 Å². The lowest BCUT2D eigenvalue weighted by Crippen LogP contribution is -2.35. The lowest BCUT2D eigenvalue weighted by atomic mass is 10.1. The summed E-state index contributed by atoms with van der Waals surface area (Å²) in [5.41, 5.74) is 1.61. The zero-order chi connectivity index (χ0) is 16.9. The van der Waals surface area contributed by atoms with Crippen LogP contribution < -0.4 is 5.32 Å². The quantitative estimate of drug-likeness (QED) is 0.918. The Morgan fingerprint density at radius 3 is 2.54 bits per heavy atom. The molecule has 3 rings (SSSR count). The van der Waals surface area contributed by atoms with Crippen LogP contribution in [0.15, 0.2) is 42.5 Å². The fourth-order valence-electron chi connectivity index (χ4n) is 2.62. The molecule has 2 aromatic rings. The highest BCUT2D eigenvalue weighted by atomic mass is 35.5. The minimum Gasteiger partial charge on any atom is -0.379 e. The average Bonchev–Trinajstić information content (AvgIpc) is 2.57. The van der Waals surface area contributed by atoms with Crippen molar-refractivity contribution < 1.29 is 13.9 Å². The highest BCUT2D eigenvalue weighted by Crippen LogP contribution is 2.21. The zero-order valence-corrected chi connectivity index (χ0v) is 13.9. The van der Waals surface area contributed by atoms with Crippen LogP contribution in [0.4, 0.5) is 10.1 Å². The molecule has 1 amide bonds. The van der Waals surface area contributed by atoms with E-state index in [0.717, 1.165) is 38.4 Å². The third-order valence-corrected chi connectivity index (χ3v) is 4.23. The van der Waals surface area contributed by atoms with Gasteiger partial charge in [0, 0.05) is 25.3 Å². The first-order valence-corrected chi connectivity index (χ1v) is 8.16. The van der Waals surface area contributed by atoms with Crippen LogP contribution in [0, 0.1) is 5.82 Å². The van der Waals surface area contributed by atoms with Gasteiger partial charge >= 0.3 is 0 Å². The Morgan fingerprint density at radius 1 is 1.17 bits per heavy atom. The van der Waals surface area contributed by atoms with E-state index in [1.54, 1.807) is 0 Å². The van der Waals surface area contributed by atoms with Crippen LogP contribution in [0.2, 0.25) is 5.02 Å². The molecule has 0 atom stereocenters. The Bertz CT molecular complexity index is 695. The molecule has 126 valence electrons. The number of nitrogens with zero attached hydrogens (tertiary/aromatic N) is 1. The van der Waals surface area contributed by atoms with Gasteiger partial charge in [0.1, 0.15) is 5.82 Å². The first-order chi connectivity index (χ1) is 11.6. The van der Waals surface area contributed by atoms with Gasteiger partial charge in [0.2, 0.25) is 0 Å². The smallest absolute Gasteiger partial charge is 0.260 e. The maximum absolute atomic E-state index is 13.8. The lowest BCUT2D eigenvalue weighted by Gasteiger charge is -2.26. The van der Waals surface area contributed by atoms with E-state index in [4.69, 9.17) is 16.3 Å². The van der Waals surface area contributed by atoms with Crippen molar-refractivity contribution in [2.45, 2.75) is 6.54 Å². The molecule has 1 N–H and O–H groups in total. The van der Waals surface area contributed by atoms with Crippen molar-refractivity contribution in [1.29, 1.82) is 0 Å². The number of carbonyl (C=O) groups is 1. The highest BCUT2D eigenvalue weighted by molar-refractivity contribution is 6.34. The van der Waals surface area contributed by atoms with Gasteiger partial charge in [-0.2, -0.15) is 0 Å². The number of nitrogens with one attached hydrogen (secondary N) is 1. The van der Waals surface area contributed by atoms with Crippen LogP contribution in [-0.2, 0) is 11.3 Å². The van der Waals surface area contributed by atoms with E-state index in [0.29, 0.717) is 5.69 Å². The van der Waals surface area contributed by atoms with Gasteiger partial charge < -0.3 is 10.1 Å². The predicted molar refractivity (Wildman–Crippen MR) is 91.9 cm³/mol. The van der Waals surface area contributed by atoms with Crippen molar-refractivity contribution in [3.63, 3.8) is 0 Å².